The molecule has 0 heterocycles. The van der Waals surface area contributed by atoms with Crippen LogP contribution in [0.15, 0.2) is 0 Å². The van der Waals surface area contributed by atoms with Gasteiger partial charge in [0, 0.05) is 6.54 Å². The molecule has 144 valence electrons. The first-order valence-corrected chi connectivity index (χ1v) is 9.16. The molecule has 1 unspecified atom stereocenters. The molecule has 0 bridgehead atoms. The Labute approximate surface area is 147 Å². The second kappa shape index (κ2) is 17.1. The molecule has 0 aromatic rings. The molecule has 0 aromatic carbocycles. The molecule has 0 aliphatic carbocycles. The minimum absolute atomic E-state index is 0.0285. The number of hydrogen-bond donors (Lipinski definition) is 0. The molecule has 0 aromatic heterocycles. The highest BCUT2D eigenvalue weighted by molar-refractivity contribution is 5.72. The fraction of sp³-hybridized carbons (Fsp3) is 0.944. The zero-order chi connectivity index (χ0) is 18.0. The molecule has 0 saturated carbocycles. The highest BCUT2D eigenvalue weighted by atomic mass is 16.6. The Balaban J connectivity index is 3.33. The first-order valence-electron chi connectivity index (χ1n) is 9.16. The highest BCUT2D eigenvalue weighted by Gasteiger charge is 2.16. The van der Waals surface area contributed by atoms with Gasteiger partial charge in [0.25, 0.3) is 0 Å². The van der Waals surface area contributed by atoms with E-state index in [0.717, 1.165) is 38.8 Å². The van der Waals surface area contributed by atoms with Gasteiger partial charge >= 0.3 is 5.97 Å². The smallest absolute Gasteiger partial charge is 0.308 e. The maximum absolute atomic E-state index is 11.9. The van der Waals surface area contributed by atoms with Crippen LogP contribution in [0.5, 0.6) is 0 Å². The van der Waals surface area contributed by atoms with Gasteiger partial charge in [0.2, 0.25) is 0 Å². The molecule has 1 atom stereocenters. The van der Waals surface area contributed by atoms with Gasteiger partial charge in [-0.1, -0.05) is 26.7 Å². The van der Waals surface area contributed by atoms with Gasteiger partial charge in [0.15, 0.2) is 0 Å². The number of ether oxygens (including phenoxy) is 4. The van der Waals surface area contributed by atoms with E-state index in [1.54, 1.807) is 0 Å². The molecule has 0 aliphatic heterocycles. The Morgan fingerprint density at radius 1 is 0.875 bits per heavy atom. The van der Waals surface area contributed by atoms with Gasteiger partial charge in [-0.15, -0.1) is 0 Å². The van der Waals surface area contributed by atoms with Crippen molar-refractivity contribution >= 4 is 5.97 Å². The normalized spacial score (nSPS) is 12.5. The number of unbranched alkanes of at least 4 members (excludes halogenated alkanes) is 1. The Kier molecular flexibility index (Phi) is 16.7. The van der Waals surface area contributed by atoms with Gasteiger partial charge in [0.05, 0.1) is 45.6 Å². The third-order valence-electron chi connectivity index (χ3n) is 3.63. The summed E-state index contributed by atoms with van der Waals surface area (Å²) in [7, 11) is 4.03. The molecule has 0 fully saturated rings. The van der Waals surface area contributed by atoms with E-state index in [2.05, 4.69) is 11.8 Å². The topological polar surface area (TPSA) is 57.2 Å². The highest BCUT2D eigenvalue weighted by Crippen LogP contribution is 2.14. The van der Waals surface area contributed by atoms with Gasteiger partial charge in [0.1, 0.15) is 6.61 Å². The summed E-state index contributed by atoms with van der Waals surface area (Å²) >= 11 is 0. The summed E-state index contributed by atoms with van der Waals surface area (Å²) in [5, 5.41) is 0. The average Bonchev–Trinajstić information content (AvgIpc) is 2.56. The van der Waals surface area contributed by atoms with Crippen LogP contribution in [0.4, 0.5) is 0 Å². The molecule has 0 saturated heterocycles. The number of hydrogen-bond acceptors (Lipinski definition) is 6. The maximum atomic E-state index is 11.9. The monoisotopic (exact) mass is 347 g/mol. The van der Waals surface area contributed by atoms with Crippen molar-refractivity contribution < 1.29 is 23.7 Å². The lowest BCUT2D eigenvalue weighted by molar-refractivity contribution is -0.150. The van der Waals surface area contributed by atoms with Crippen LogP contribution in [0, 0.1) is 5.92 Å². The summed E-state index contributed by atoms with van der Waals surface area (Å²) in [6.45, 7) is 8.72. The van der Waals surface area contributed by atoms with Crippen molar-refractivity contribution in [3.63, 3.8) is 0 Å². The van der Waals surface area contributed by atoms with E-state index < -0.39 is 0 Å². The van der Waals surface area contributed by atoms with E-state index in [4.69, 9.17) is 18.9 Å². The lowest BCUT2D eigenvalue weighted by Gasteiger charge is -2.13. The van der Waals surface area contributed by atoms with Gasteiger partial charge in [-0.3, -0.25) is 4.79 Å². The number of carbonyl (C=O) groups excluding carboxylic acids is 1. The second-order valence-corrected chi connectivity index (χ2v) is 6.06. The number of nitrogens with zero attached hydrogens (tertiary/aromatic N) is 1. The summed E-state index contributed by atoms with van der Waals surface area (Å²) in [6.07, 6.45) is 3.93. The molecule has 6 heteroatoms. The zero-order valence-corrected chi connectivity index (χ0v) is 16.1. The first kappa shape index (κ1) is 23.3. The largest absolute Gasteiger partial charge is 0.463 e. The quantitative estimate of drug-likeness (QED) is 0.297. The lowest BCUT2D eigenvalue weighted by atomic mass is 10.00. The molecule has 0 N–H and O–H groups in total. The third-order valence-corrected chi connectivity index (χ3v) is 3.63. The fourth-order valence-corrected chi connectivity index (χ4v) is 2.05. The van der Waals surface area contributed by atoms with E-state index in [1.807, 2.05) is 21.0 Å². The van der Waals surface area contributed by atoms with Crippen LogP contribution in [-0.4, -0.2) is 77.8 Å². The summed E-state index contributed by atoms with van der Waals surface area (Å²) in [4.78, 5) is 13.9. The van der Waals surface area contributed by atoms with Crippen LogP contribution in [0.2, 0.25) is 0 Å². The van der Waals surface area contributed by atoms with Crippen LogP contribution in [0.25, 0.3) is 0 Å². The standard InChI is InChI=1S/C18H37NO5/c1-5-7-8-17(6-2)18(20)24-16-15-23-14-13-22-12-11-21-10-9-19(3)4/h17H,5-16H2,1-4H3. The molecule has 0 radical (unpaired) electrons. The van der Waals surface area contributed by atoms with Gasteiger partial charge < -0.3 is 23.8 Å². The average molecular weight is 347 g/mol. The van der Waals surface area contributed by atoms with Crippen molar-refractivity contribution in [1.82, 2.24) is 4.90 Å². The lowest BCUT2D eigenvalue weighted by Crippen LogP contribution is -2.20. The molecule has 0 amide bonds. The zero-order valence-electron chi connectivity index (χ0n) is 16.1. The van der Waals surface area contributed by atoms with Crippen LogP contribution < -0.4 is 0 Å². The molecular formula is C18H37NO5. The fourth-order valence-electron chi connectivity index (χ4n) is 2.05. The van der Waals surface area contributed by atoms with E-state index in [0.29, 0.717) is 39.6 Å². The SMILES string of the molecule is CCCCC(CC)C(=O)OCCOCCOCCOCCN(C)C. The van der Waals surface area contributed by atoms with Gasteiger partial charge in [-0.05, 0) is 26.9 Å². The van der Waals surface area contributed by atoms with Gasteiger partial charge in [-0.2, -0.15) is 0 Å². The van der Waals surface area contributed by atoms with E-state index in [9.17, 15) is 4.79 Å². The number of rotatable bonds is 17. The van der Waals surface area contributed by atoms with Crippen LogP contribution in [0.3, 0.4) is 0 Å². The minimum atomic E-state index is -0.0966. The van der Waals surface area contributed by atoms with Crippen LogP contribution in [0.1, 0.15) is 39.5 Å². The maximum Gasteiger partial charge on any atom is 0.308 e. The summed E-state index contributed by atoms with van der Waals surface area (Å²) in [6, 6.07) is 0. The predicted octanol–water partition coefficient (Wildman–Crippen LogP) is 2.36. The minimum Gasteiger partial charge on any atom is -0.463 e. The molecule has 0 rings (SSSR count). The molecular weight excluding hydrogens is 310 g/mol. The summed E-state index contributed by atoms with van der Waals surface area (Å²) in [5.41, 5.74) is 0. The Morgan fingerprint density at radius 3 is 1.92 bits per heavy atom. The second-order valence-electron chi connectivity index (χ2n) is 6.06. The van der Waals surface area contributed by atoms with Crippen molar-refractivity contribution in [3.8, 4) is 0 Å². The summed E-state index contributed by atoms with van der Waals surface area (Å²) in [5.74, 6) is -0.0681. The van der Waals surface area contributed by atoms with E-state index >= 15 is 0 Å². The third kappa shape index (κ3) is 14.9. The predicted molar refractivity (Wildman–Crippen MR) is 95.3 cm³/mol. The van der Waals surface area contributed by atoms with Crippen molar-refractivity contribution in [2.75, 3.05) is 66.9 Å². The molecule has 24 heavy (non-hydrogen) atoms. The Hall–Kier alpha value is -0.690. The molecule has 6 nitrogen and oxygen atoms in total. The van der Waals surface area contributed by atoms with Gasteiger partial charge in [-0.25, -0.2) is 0 Å². The molecule has 0 spiro atoms. The van der Waals surface area contributed by atoms with Crippen molar-refractivity contribution in [3.05, 3.63) is 0 Å². The Morgan fingerprint density at radius 2 is 1.42 bits per heavy atom. The van der Waals surface area contributed by atoms with Crippen LogP contribution in [-0.2, 0) is 23.7 Å². The summed E-state index contributed by atoms with van der Waals surface area (Å²) < 4.78 is 21.5. The molecule has 0 aliphatic rings. The van der Waals surface area contributed by atoms with E-state index in [1.165, 1.54) is 0 Å². The number of esters is 1. The number of carbonyl (C=O) groups is 1. The number of likely N-dealkylation sites (N-methyl/N-ethyl adjacent to an activating group) is 1. The van der Waals surface area contributed by atoms with Crippen molar-refractivity contribution in [2.24, 2.45) is 5.92 Å². The first-order chi connectivity index (χ1) is 11.6. The van der Waals surface area contributed by atoms with E-state index in [-0.39, 0.29) is 11.9 Å². The van der Waals surface area contributed by atoms with Crippen LogP contribution >= 0.6 is 0 Å². The van der Waals surface area contributed by atoms with Crippen molar-refractivity contribution in [2.45, 2.75) is 39.5 Å². The van der Waals surface area contributed by atoms with Crippen molar-refractivity contribution in [1.29, 1.82) is 0 Å². The Bertz CT molecular complexity index is 287.